The number of nitrogens with zero attached hydrogens (tertiary/aromatic N) is 2. The van der Waals surface area contributed by atoms with Crippen molar-refractivity contribution in [1.29, 1.82) is 0 Å². The van der Waals surface area contributed by atoms with Gasteiger partial charge in [-0.15, -0.1) is 0 Å². The van der Waals surface area contributed by atoms with Gasteiger partial charge in [-0.2, -0.15) is 4.31 Å². The van der Waals surface area contributed by atoms with Gasteiger partial charge in [-0.25, -0.2) is 12.8 Å². The number of aryl methyl sites for hydroxylation is 1. The Morgan fingerprint density at radius 2 is 1.66 bits per heavy atom. The highest BCUT2D eigenvalue weighted by molar-refractivity contribution is 7.89. The zero-order valence-electron chi connectivity index (χ0n) is 16.1. The number of phenols is 1. The molecule has 29 heavy (non-hydrogen) atoms. The lowest BCUT2D eigenvalue weighted by atomic mass is 9.94. The summed E-state index contributed by atoms with van der Waals surface area (Å²) in [6.07, 6.45) is 1.43. The number of sulfonamides is 1. The minimum atomic E-state index is -3.84. The van der Waals surface area contributed by atoms with Gasteiger partial charge in [0, 0.05) is 26.2 Å². The first-order valence-corrected chi connectivity index (χ1v) is 11.0. The summed E-state index contributed by atoms with van der Waals surface area (Å²) in [5.74, 6) is -0.642. The van der Waals surface area contributed by atoms with Gasteiger partial charge in [-0.3, -0.25) is 4.79 Å². The maximum Gasteiger partial charge on any atom is 0.246 e. The summed E-state index contributed by atoms with van der Waals surface area (Å²) in [6, 6.07) is 10.5. The number of phenolic OH excluding ortho intramolecular Hbond substituents is 1. The van der Waals surface area contributed by atoms with Crippen LogP contribution in [0, 0.1) is 12.7 Å². The molecule has 2 aliphatic rings. The Labute approximate surface area is 169 Å². The van der Waals surface area contributed by atoms with E-state index in [2.05, 4.69) is 0 Å². The van der Waals surface area contributed by atoms with Gasteiger partial charge in [0.05, 0.1) is 5.41 Å². The van der Waals surface area contributed by atoms with Crippen molar-refractivity contribution in [2.75, 3.05) is 26.2 Å². The van der Waals surface area contributed by atoms with Crippen molar-refractivity contribution in [2.24, 2.45) is 0 Å². The van der Waals surface area contributed by atoms with Crippen molar-refractivity contribution in [3.05, 3.63) is 59.4 Å². The number of carbonyl (C=O) groups is 1. The zero-order chi connectivity index (χ0) is 20.8. The van der Waals surface area contributed by atoms with Crippen molar-refractivity contribution >= 4 is 15.9 Å². The summed E-state index contributed by atoms with van der Waals surface area (Å²) in [4.78, 5) is 14.7. The number of halogens is 1. The van der Waals surface area contributed by atoms with Crippen LogP contribution < -0.4 is 0 Å². The number of amides is 1. The van der Waals surface area contributed by atoms with E-state index in [4.69, 9.17) is 0 Å². The van der Waals surface area contributed by atoms with Crippen LogP contribution in [0.5, 0.6) is 5.75 Å². The number of piperazine rings is 1. The van der Waals surface area contributed by atoms with E-state index in [1.54, 1.807) is 30.0 Å². The van der Waals surface area contributed by atoms with Gasteiger partial charge >= 0.3 is 0 Å². The van der Waals surface area contributed by atoms with Crippen LogP contribution in [0.1, 0.15) is 24.0 Å². The number of rotatable bonds is 4. The second kappa shape index (κ2) is 7.11. The Kier molecular flexibility index (Phi) is 4.86. The molecule has 1 amide bonds. The summed E-state index contributed by atoms with van der Waals surface area (Å²) in [6.45, 7) is 2.67. The minimum Gasteiger partial charge on any atom is -0.507 e. The van der Waals surface area contributed by atoms with Crippen LogP contribution in [0.2, 0.25) is 0 Å². The molecular formula is C21H23FN2O4S. The predicted molar refractivity (Wildman–Crippen MR) is 105 cm³/mol. The minimum absolute atomic E-state index is 0.0282. The summed E-state index contributed by atoms with van der Waals surface area (Å²) in [5, 5.41) is 10.0. The molecule has 154 valence electrons. The maximum absolute atomic E-state index is 13.2. The molecule has 2 aromatic rings. The molecule has 6 nitrogen and oxygen atoms in total. The molecule has 0 aromatic heterocycles. The SMILES string of the molecule is Cc1ccc(O)c(S(=O)(=O)N2CCN(C(=O)C3(c4ccc(F)cc4)CC3)CC2)c1. The fraction of sp³-hybridized carbons (Fsp3) is 0.381. The quantitative estimate of drug-likeness (QED) is 0.827. The molecule has 1 aliphatic carbocycles. The van der Waals surface area contributed by atoms with Crippen molar-refractivity contribution in [2.45, 2.75) is 30.1 Å². The van der Waals surface area contributed by atoms with Gasteiger partial charge in [0.1, 0.15) is 16.5 Å². The standard InChI is InChI=1S/C21H23FN2O4S/c1-15-2-7-18(25)19(14-15)29(27,28)24-12-10-23(11-13-24)20(26)21(8-9-21)16-3-5-17(22)6-4-16/h2-7,14,25H,8-13H2,1H3. The highest BCUT2D eigenvalue weighted by atomic mass is 32.2. The smallest absolute Gasteiger partial charge is 0.246 e. The van der Waals surface area contributed by atoms with Gasteiger partial charge in [0.25, 0.3) is 0 Å². The molecule has 0 radical (unpaired) electrons. The lowest BCUT2D eigenvalue weighted by Gasteiger charge is -2.36. The third kappa shape index (κ3) is 3.51. The molecule has 1 N–H and O–H groups in total. The normalized spacial score (nSPS) is 19.2. The monoisotopic (exact) mass is 418 g/mol. The zero-order valence-corrected chi connectivity index (χ0v) is 17.0. The molecule has 1 saturated carbocycles. The second-order valence-corrected chi connectivity index (χ2v) is 9.66. The molecule has 1 saturated heterocycles. The summed E-state index contributed by atoms with van der Waals surface area (Å²) >= 11 is 0. The largest absolute Gasteiger partial charge is 0.507 e. The third-order valence-electron chi connectivity index (χ3n) is 5.82. The van der Waals surface area contributed by atoms with Gasteiger partial charge in [-0.05, 0) is 55.2 Å². The fourth-order valence-corrected chi connectivity index (χ4v) is 5.51. The molecule has 0 bridgehead atoms. The molecule has 8 heteroatoms. The van der Waals surface area contributed by atoms with Gasteiger partial charge < -0.3 is 10.0 Å². The Morgan fingerprint density at radius 3 is 2.24 bits per heavy atom. The Bertz CT molecular complexity index is 1040. The van der Waals surface area contributed by atoms with Crippen molar-refractivity contribution in [3.8, 4) is 5.75 Å². The lowest BCUT2D eigenvalue weighted by Crippen LogP contribution is -2.52. The fourth-order valence-electron chi connectivity index (χ4n) is 3.92. The molecule has 2 fully saturated rings. The molecule has 1 heterocycles. The maximum atomic E-state index is 13.2. The van der Waals surface area contributed by atoms with E-state index in [1.165, 1.54) is 28.6 Å². The van der Waals surface area contributed by atoms with Gasteiger partial charge in [-0.1, -0.05) is 18.2 Å². The van der Waals surface area contributed by atoms with E-state index in [0.29, 0.717) is 12.8 Å². The molecule has 1 aliphatic heterocycles. The molecule has 0 spiro atoms. The molecular weight excluding hydrogens is 395 g/mol. The average molecular weight is 418 g/mol. The van der Waals surface area contributed by atoms with Crippen LogP contribution in [0.3, 0.4) is 0 Å². The van der Waals surface area contributed by atoms with Crippen LogP contribution in [-0.2, 0) is 20.2 Å². The topological polar surface area (TPSA) is 77.9 Å². The van der Waals surface area contributed by atoms with Crippen LogP contribution in [-0.4, -0.2) is 54.8 Å². The summed E-state index contributed by atoms with van der Waals surface area (Å²) in [7, 11) is -3.84. The number of carbonyl (C=O) groups excluding carboxylic acids is 1. The first kappa shape index (κ1) is 19.8. The van der Waals surface area contributed by atoms with E-state index < -0.39 is 15.4 Å². The van der Waals surface area contributed by atoms with E-state index in [1.807, 2.05) is 0 Å². The first-order valence-electron chi connectivity index (χ1n) is 9.59. The second-order valence-electron chi connectivity index (χ2n) is 7.76. The van der Waals surface area contributed by atoms with Gasteiger partial charge in [0.2, 0.25) is 15.9 Å². The van der Waals surface area contributed by atoms with Gasteiger partial charge in [0.15, 0.2) is 0 Å². The highest BCUT2D eigenvalue weighted by Crippen LogP contribution is 2.49. The van der Waals surface area contributed by atoms with E-state index >= 15 is 0 Å². The number of benzene rings is 2. The number of hydrogen-bond donors (Lipinski definition) is 1. The van der Waals surface area contributed by atoms with Crippen molar-refractivity contribution in [3.63, 3.8) is 0 Å². The van der Waals surface area contributed by atoms with Crippen LogP contribution in [0.15, 0.2) is 47.4 Å². The Hall–Kier alpha value is -2.45. The Balaban J connectivity index is 1.47. The van der Waals surface area contributed by atoms with Crippen LogP contribution in [0.25, 0.3) is 0 Å². The molecule has 2 aromatic carbocycles. The summed E-state index contributed by atoms with van der Waals surface area (Å²) in [5.41, 5.74) is 0.942. The lowest BCUT2D eigenvalue weighted by molar-refractivity contribution is -0.135. The summed E-state index contributed by atoms with van der Waals surface area (Å²) < 4.78 is 40.4. The van der Waals surface area contributed by atoms with E-state index in [9.17, 15) is 22.7 Å². The number of hydrogen-bond acceptors (Lipinski definition) is 4. The predicted octanol–water partition coefficient (Wildman–Crippen LogP) is 2.40. The average Bonchev–Trinajstić information content (AvgIpc) is 3.52. The highest BCUT2D eigenvalue weighted by Gasteiger charge is 2.53. The van der Waals surface area contributed by atoms with Crippen LogP contribution in [0.4, 0.5) is 4.39 Å². The molecule has 0 atom stereocenters. The first-order chi connectivity index (χ1) is 13.7. The van der Waals surface area contributed by atoms with E-state index in [0.717, 1.165) is 11.1 Å². The van der Waals surface area contributed by atoms with E-state index in [-0.39, 0.29) is 48.5 Å². The van der Waals surface area contributed by atoms with Crippen molar-refractivity contribution < 1.29 is 22.7 Å². The Morgan fingerprint density at radius 1 is 1.03 bits per heavy atom. The molecule has 4 rings (SSSR count). The van der Waals surface area contributed by atoms with Crippen LogP contribution >= 0.6 is 0 Å². The van der Waals surface area contributed by atoms with Crippen molar-refractivity contribution in [1.82, 2.24) is 9.21 Å². The molecule has 0 unspecified atom stereocenters. The number of aromatic hydroxyl groups is 1. The third-order valence-corrected chi connectivity index (χ3v) is 7.74.